The van der Waals surface area contributed by atoms with Crippen LogP contribution in [0, 0.1) is 5.41 Å². The van der Waals surface area contributed by atoms with Gasteiger partial charge in [0.25, 0.3) is 0 Å². The lowest BCUT2D eigenvalue weighted by Gasteiger charge is -2.16. The molecule has 1 N–H and O–H groups in total. The molecule has 5 heteroatoms. The summed E-state index contributed by atoms with van der Waals surface area (Å²) in [5.74, 6) is 0.703. The zero-order valence-electron chi connectivity index (χ0n) is 10.8. The summed E-state index contributed by atoms with van der Waals surface area (Å²) in [5.41, 5.74) is 2.13. The van der Waals surface area contributed by atoms with Crippen LogP contribution in [0.2, 0.25) is 15.1 Å². The van der Waals surface area contributed by atoms with Crippen LogP contribution < -0.4 is 0 Å². The van der Waals surface area contributed by atoms with Gasteiger partial charge in [-0.25, -0.2) is 10.2 Å². The Balaban J connectivity index is 0.000000873. The first kappa shape index (κ1) is 17.5. The Morgan fingerprint density at radius 1 is 0.944 bits per heavy atom. The smallest absolute Gasteiger partial charge is 0.222 e. The molecule has 2 nitrogen and oxygen atoms in total. The Bertz CT molecular complexity index is 418. The summed E-state index contributed by atoms with van der Waals surface area (Å²) in [5, 5.41) is 7.05. The van der Waals surface area contributed by atoms with Crippen LogP contribution in [0.1, 0.15) is 50.7 Å². The van der Waals surface area contributed by atoms with Crippen molar-refractivity contribution in [2.24, 2.45) is 0 Å². The first-order valence-corrected chi connectivity index (χ1v) is 6.62. The molecule has 0 radical (unpaired) electrons. The second-order valence-corrected chi connectivity index (χ2v) is 5.54. The predicted molar refractivity (Wildman–Crippen MR) is 78.1 cm³/mol. The first-order chi connectivity index (χ1) is 8.27. The van der Waals surface area contributed by atoms with Crippen LogP contribution in [-0.4, -0.2) is 6.08 Å². The van der Waals surface area contributed by atoms with Gasteiger partial charge >= 0.3 is 0 Å². The SMILES string of the molecule is CC(C)c1cc(C(C)C)c(Cl)c(Cl)c1Cl.N=C=O. The third-order valence-electron chi connectivity index (χ3n) is 2.45. The van der Waals surface area contributed by atoms with Gasteiger partial charge in [0, 0.05) is 0 Å². The van der Waals surface area contributed by atoms with E-state index in [1.165, 1.54) is 0 Å². The fourth-order valence-electron chi connectivity index (χ4n) is 1.48. The molecule has 0 aromatic heterocycles. The van der Waals surface area contributed by atoms with Gasteiger partial charge in [0.15, 0.2) is 0 Å². The number of rotatable bonds is 2. The standard InChI is InChI=1S/C12H15Cl3.CHNO/c1-6(2)8-5-9(7(3)4)11(14)12(15)10(8)13;2-1-3/h5-7H,1-4H3;2H. The van der Waals surface area contributed by atoms with Crippen LogP contribution in [0.4, 0.5) is 0 Å². The number of nitrogens with one attached hydrogen (secondary N) is 1. The number of isocyanates is 1. The summed E-state index contributed by atoms with van der Waals surface area (Å²) >= 11 is 18.4. The van der Waals surface area contributed by atoms with E-state index >= 15 is 0 Å². The van der Waals surface area contributed by atoms with E-state index in [1.807, 2.05) is 0 Å². The van der Waals surface area contributed by atoms with Gasteiger partial charge in [-0.2, -0.15) is 0 Å². The van der Waals surface area contributed by atoms with Crippen LogP contribution in [0.5, 0.6) is 0 Å². The summed E-state index contributed by atoms with van der Waals surface area (Å²) < 4.78 is 0. The Kier molecular flexibility index (Phi) is 7.58. The topological polar surface area (TPSA) is 40.9 Å². The molecule has 0 aliphatic heterocycles. The molecule has 0 atom stereocenters. The van der Waals surface area contributed by atoms with Crippen LogP contribution in [-0.2, 0) is 4.79 Å². The molecule has 100 valence electrons. The van der Waals surface area contributed by atoms with Gasteiger partial charge in [-0.05, 0) is 23.0 Å². The van der Waals surface area contributed by atoms with Crippen molar-refractivity contribution < 1.29 is 4.79 Å². The van der Waals surface area contributed by atoms with E-state index in [-0.39, 0.29) is 0 Å². The third kappa shape index (κ3) is 4.29. The minimum absolute atomic E-state index is 0.352. The molecule has 0 amide bonds. The van der Waals surface area contributed by atoms with Crippen LogP contribution in [0.25, 0.3) is 0 Å². The Morgan fingerprint density at radius 3 is 1.44 bits per heavy atom. The molecule has 0 aliphatic rings. The fraction of sp³-hybridized carbons (Fsp3) is 0.462. The van der Waals surface area contributed by atoms with E-state index in [0.29, 0.717) is 26.9 Å². The lowest BCUT2D eigenvalue weighted by atomic mass is 9.95. The molecular formula is C13H16Cl3NO. The molecule has 0 fully saturated rings. The highest BCUT2D eigenvalue weighted by atomic mass is 35.5. The monoisotopic (exact) mass is 307 g/mol. The largest absolute Gasteiger partial charge is 0.231 e. The highest BCUT2D eigenvalue weighted by molar-refractivity contribution is 6.48. The van der Waals surface area contributed by atoms with Crippen LogP contribution in [0.3, 0.4) is 0 Å². The summed E-state index contributed by atoms with van der Waals surface area (Å²) in [6.45, 7) is 8.37. The molecule has 1 aromatic carbocycles. The average Bonchev–Trinajstić information content (AvgIpc) is 2.26. The molecule has 0 spiro atoms. The number of hydrogen-bond acceptors (Lipinski definition) is 2. The summed E-state index contributed by atoms with van der Waals surface area (Å²) in [4.78, 5) is 8.35. The van der Waals surface area contributed by atoms with Crippen molar-refractivity contribution in [3.8, 4) is 0 Å². The zero-order valence-corrected chi connectivity index (χ0v) is 13.0. The second kappa shape index (κ2) is 7.81. The number of halogens is 3. The van der Waals surface area contributed by atoms with E-state index < -0.39 is 0 Å². The van der Waals surface area contributed by atoms with E-state index in [1.54, 1.807) is 0 Å². The maximum absolute atomic E-state index is 8.35. The van der Waals surface area contributed by atoms with Crippen molar-refractivity contribution in [1.82, 2.24) is 0 Å². The summed E-state index contributed by atoms with van der Waals surface area (Å²) in [6.07, 6.45) is 0.750. The maximum atomic E-state index is 8.35. The highest BCUT2D eigenvalue weighted by Gasteiger charge is 2.17. The van der Waals surface area contributed by atoms with E-state index in [0.717, 1.165) is 17.2 Å². The van der Waals surface area contributed by atoms with Crippen molar-refractivity contribution in [2.45, 2.75) is 39.5 Å². The third-order valence-corrected chi connectivity index (χ3v) is 3.83. The molecule has 0 bridgehead atoms. The normalized spacial score (nSPS) is 10.1. The fourth-order valence-corrected chi connectivity index (χ4v) is 2.49. The molecule has 0 saturated heterocycles. The van der Waals surface area contributed by atoms with Gasteiger partial charge < -0.3 is 0 Å². The average molecular weight is 309 g/mol. The Labute approximate surface area is 123 Å². The molecule has 0 unspecified atom stereocenters. The van der Waals surface area contributed by atoms with Crippen molar-refractivity contribution in [2.75, 3.05) is 0 Å². The van der Waals surface area contributed by atoms with Gasteiger partial charge in [0.2, 0.25) is 6.08 Å². The molecule has 0 heterocycles. The first-order valence-electron chi connectivity index (χ1n) is 5.49. The van der Waals surface area contributed by atoms with Gasteiger partial charge in [0.1, 0.15) is 0 Å². The molecule has 0 saturated carbocycles. The molecule has 1 aromatic rings. The molecular weight excluding hydrogens is 293 g/mol. The van der Waals surface area contributed by atoms with Crippen molar-refractivity contribution >= 4 is 40.9 Å². The summed E-state index contributed by atoms with van der Waals surface area (Å²) in [7, 11) is 0. The Morgan fingerprint density at radius 2 is 1.22 bits per heavy atom. The molecule has 0 aliphatic carbocycles. The van der Waals surface area contributed by atoms with Gasteiger partial charge in [-0.1, -0.05) is 68.6 Å². The van der Waals surface area contributed by atoms with Gasteiger partial charge in [-0.15, -0.1) is 0 Å². The van der Waals surface area contributed by atoms with Gasteiger partial charge in [0.05, 0.1) is 15.1 Å². The number of hydrogen-bond donors (Lipinski definition) is 1. The minimum Gasteiger partial charge on any atom is -0.222 e. The quantitative estimate of drug-likeness (QED) is 0.419. The van der Waals surface area contributed by atoms with Gasteiger partial charge in [-0.3, -0.25) is 0 Å². The van der Waals surface area contributed by atoms with E-state index in [9.17, 15) is 0 Å². The zero-order chi connectivity index (χ0) is 14.5. The van der Waals surface area contributed by atoms with E-state index in [4.69, 9.17) is 45.0 Å². The van der Waals surface area contributed by atoms with Crippen molar-refractivity contribution in [1.29, 1.82) is 5.41 Å². The van der Waals surface area contributed by atoms with Crippen LogP contribution in [0.15, 0.2) is 6.07 Å². The van der Waals surface area contributed by atoms with Crippen LogP contribution >= 0.6 is 34.8 Å². The van der Waals surface area contributed by atoms with Crippen molar-refractivity contribution in [3.63, 3.8) is 0 Å². The highest BCUT2D eigenvalue weighted by Crippen LogP contribution is 2.40. The molecule has 1 rings (SSSR count). The van der Waals surface area contributed by atoms with Crippen molar-refractivity contribution in [3.05, 3.63) is 32.3 Å². The Hall–Kier alpha value is -0.530. The molecule has 18 heavy (non-hydrogen) atoms. The predicted octanol–water partition coefficient (Wildman–Crippen LogP) is 5.79. The lowest BCUT2D eigenvalue weighted by Crippen LogP contribution is -1.97. The minimum atomic E-state index is 0.352. The second-order valence-electron chi connectivity index (χ2n) is 4.41. The lowest BCUT2D eigenvalue weighted by molar-refractivity contribution is 0.563. The number of benzene rings is 1. The maximum Gasteiger partial charge on any atom is 0.231 e. The summed E-state index contributed by atoms with van der Waals surface area (Å²) in [6, 6.07) is 2.06. The number of carbonyl (C=O) groups excluding carboxylic acids is 1. The van der Waals surface area contributed by atoms with E-state index in [2.05, 4.69) is 33.8 Å².